The van der Waals surface area contributed by atoms with E-state index < -0.39 is 16.0 Å². The fraction of sp³-hybridized carbons (Fsp3) is 0.304. The van der Waals surface area contributed by atoms with Crippen LogP contribution in [0.3, 0.4) is 0 Å². The van der Waals surface area contributed by atoms with Gasteiger partial charge in [0.05, 0.1) is 49.2 Å². The van der Waals surface area contributed by atoms with Crippen molar-refractivity contribution in [3.05, 3.63) is 42.9 Å². The van der Waals surface area contributed by atoms with Gasteiger partial charge in [0.25, 0.3) is 0 Å². The van der Waals surface area contributed by atoms with Crippen LogP contribution in [-0.2, 0) is 30.8 Å². The molecule has 0 aliphatic heterocycles. The van der Waals surface area contributed by atoms with E-state index >= 15 is 0 Å². The van der Waals surface area contributed by atoms with E-state index in [1.54, 1.807) is 48.3 Å². The Morgan fingerprint density at radius 1 is 1.14 bits per heavy atom. The third-order valence-electron chi connectivity index (χ3n) is 5.44. The molecule has 0 fully saturated rings. The molecular formula is C23H27N7O6S. The number of nitrogen functional groups attached to an aromatic ring is 1. The second-order valence-electron chi connectivity index (χ2n) is 8.01. The van der Waals surface area contributed by atoms with Crippen molar-refractivity contribution in [2.75, 3.05) is 42.6 Å². The van der Waals surface area contributed by atoms with Crippen molar-refractivity contribution in [3.63, 3.8) is 0 Å². The van der Waals surface area contributed by atoms with Crippen molar-refractivity contribution in [2.24, 2.45) is 0 Å². The van der Waals surface area contributed by atoms with Crippen molar-refractivity contribution >= 4 is 38.4 Å². The molecule has 4 rings (SSSR count). The largest absolute Gasteiger partial charge is 0.480 e. The maximum absolute atomic E-state index is 11.8. The first kappa shape index (κ1) is 26.1. The molecule has 0 atom stereocenters. The number of carboxylic acids is 1. The predicted octanol–water partition coefficient (Wildman–Crippen LogP) is 1.95. The van der Waals surface area contributed by atoms with Gasteiger partial charge in [0.15, 0.2) is 0 Å². The average Bonchev–Trinajstić information content (AvgIpc) is 3.52. The molecule has 5 N–H and O–H groups in total. The zero-order valence-corrected chi connectivity index (χ0v) is 20.9. The highest BCUT2D eigenvalue weighted by Gasteiger charge is 2.17. The number of aliphatic carboxylic acids is 1. The number of carbonyl (C=O) groups is 1. The van der Waals surface area contributed by atoms with Crippen molar-refractivity contribution < 1.29 is 27.8 Å². The number of hydrogen-bond acceptors (Lipinski definition) is 9. The molecule has 0 saturated carbocycles. The molecule has 1 aromatic carbocycles. The highest BCUT2D eigenvalue weighted by Crippen LogP contribution is 2.35. The summed E-state index contributed by atoms with van der Waals surface area (Å²) >= 11 is 0. The van der Waals surface area contributed by atoms with Crippen LogP contribution in [0.1, 0.15) is 6.92 Å². The highest BCUT2D eigenvalue weighted by atomic mass is 32.2. The van der Waals surface area contributed by atoms with Gasteiger partial charge < -0.3 is 20.3 Å². The molecule has 196 valence electrons. The SMILES string of the molecule is CCS(=O)(=O)Nc1ccc(-c2n[nH]c3c(-c4cnn(CCOCCOCC(=O)O)c4)cnc(N)c23)cc1. The normalized spacial score (nSPS) is 11.7. The molecule has 14 heteroatoms. The van der Waals surface area contributed by atoms with Gasteiger partial charge in [-0.3, -0.25) is 14.5 Å². The summed E-state index contributed by atoms with van der Waals surface area (Å²) in [5.74, 6) is -0.726. The van der Waals surface area contributed by atoms with Crippen LogP contribution in [0.5, 0.6) is 0 Å². The summed E-state index contributed by atoms with van der Waals surface area (Å²) in [5.41, 5.74) is 10.3. The van der Waals surface area contributed by atoms with E-state index in [0.29, 0.717) is 41.3 Å². The van der Waals surface area contributed by atoms with E-state index in [9.17, 15) is 13.2 Å². The zero-order valence-electron chi connectivity index (χ0n) is 20.0. The minimum absolute atomic E-state index is 0.0170. The van der Waals surface area contributed by atoms with E-state index in [0.717, 1.165) is 16.7 Å². The minimum atomic E-state index is -3.37. The summed E-state index contributed by atoms with van der Waals surface area (Å²) in [6.45, 7) is 2.58. The zero-order chi connectivity index (χ0) is 26.4. The molecule has 0 amide bonds. The quantitative estimate of drug-likeness (QED) is 0.186. The van der Waals surface area contributed by atoms with Gasteiger partial charge in [-0.15, -0.1) is 0 Å². The number of hydrogen-bond donors (Lipinski definition) is 4. The molecule has 3 aromatic heterocycles. The van der Waals surface area contributed by atoms with E-state index in [1.807, 2.05) is 6.20 Å². The number of benzene rings is 1. The number of nitrogens with zero attached hydrogens (tertiary/aromatic N) is 4. The molecule has 0 aliphatic rings. The van der Waals surface area contributed by atoms with E-state index in [4.69, 9.17) is 20.3 Å². The maximum atomic E-state index is 11.8. The molecule has 0 spiro atoms. The van der Waals surface area contributed by atoms with E-state index in [2.05, 4.69) is 25.0 Å². The van der Waals surface area contributed by atoms with Gasteiger partial charge in [0.1, 0.15) is 18.1 Å². The number of fused-ring (bicyclic) bond motifs is 1. The van der Waals surface area contributed by atoms with Gasteiger partial charge in [0.2, 0.25) is 10.0 Å². The number of anilines is 2. The molecule has 0 unspecified atom stereocenters. The predicted molar refractivity (Wildman–Crippen MR) is 137 cm³/mol. The van der Waals surface area contributed by atoms with Crippen LogP contribution in [0.2, 0.25) is 0 Å². The van der Waals surface area contributed by atoms with Crippen LogP contribution in [0, 0.1) is 0 Å². The lowest BCUT2D eigenvalue weighted by atomic mass is 10.0. The minimum Gasteiger partial charge on any atom is -0.480 e. The lowest BCUT2D eigenvalue weighted by molar-refractivity contribution is -0.142. The number of aromatic amines is 1. The number of nitrogens with two attached hydrogens (primary N) is 1. The van der Waals surface area contributed by atoms with Crippen LogP contribution in [0.15, 0.2) is 42.9 Å². The summed E-state index contributed by atoms with van der Waals surface area (Å²) in [6, 6.07) is 6.86. The lowest BCUT2D eigenvalue weighted by Crippen LogP contribution is -2.14. The van der Waals surface area contributed by atoms with Crippen LogP contribution in [0.25, 0.3) is 33.3 Å². The topological polar surface area (TPSA) is 187 Å². The summed E-state index contributed by atoms with van der Waals surface area (Å²) < 4.78 is 38.2. The van der Waals surface area contributed by atoms with Crippen molar-refractivity contribution in [1.82, 2.24) is 25.0 Å². The van der Waals surface area contributed by atoms with E-state index in [-0.39, 0.29) is 25.6 Å². The number of carboxylic acid groups (broad SMARTS) is 1. The van der Waals surface area contributed by atoms with Gasteiger partial charge >= 0.3 is 5.97 Å². The summed E-state index contributed by atoms with van der Waals surface area (Å²) in [7, 11) is -3.37. The van der Waals surface area contributed by atoms with Crippen LogP contribution in [0.4, 0.5) is 11.5 Å². The molecule has 3 heterocycles. The van der Waals surface area contributed by atoms with Crippen LogP contribution in [-0.4, -0.2) is 76.6 Å². The molecular weight excluding hydrogens is 502 g/mol. The molecule has 0 aliphatic carbocycles. The third-order valence-corrected chi connectivity index (χ3v) is 6.75. The molecule has 0 radical (unpaired) electrons. The summed E-state index contributed by atoms with van der Waals surface area (Å²) in [6.07, 6.45) is 5.21. The number of ether oxygens (including phenoxy) is 2. The third kappa shape index (κ3) is 6.41. The van der Waals surface area contributed by atoms with Crippen molar-refractivity contribution in [2.45, 2.75) is 13.5 Å². The smallest absolute Gasteiger partial charge is 0.329 e. The number of pyridine rings is 1. The Hall–Kier alpha value is -4.01. The number of H-pyrrole nitrogens is 1. The number of nitrogens with one attached hydrogen (secondary N) is 2. The molecule has 13 nitrogen and oxygen atoms in total. The van der Waals surface area contributed by atoms with Crippen LogP contribution < -0.4 is 10.5 Å². The fourth-order valence-electron chi connectivity index (χ4n) is 3.59. The first-order valence-corrected chi connectivity index (χ1v) is 13.1. The van der Waals surface area contributed by atoms with Crippen LogP contribution >= 0.6 is 0 Å². The van der Waals surface area contributed by atoms with Crippen molar-refractivity contribution in [3.8, 4) is 22.4 Å². The lowest BCUT2D eigenvalue weighted by Gasteiger charge is -2.07. The van der Waals surface area contributed by atoms with Gasteiger partial charge in [-0.1, -0.05) is 12.1 Å². The Morgan fingerprint density at radius 2 is 1.89 bits per heavy atom. The number of aromatic nitrogens is 5. The Morgan fingerprint density at radius 3 is 2.62 bits per heavy atom. The van der Waals surface area contributed by atoms with Gasteiger partial charge in [-0.2, -0.15) is 10.2 Å². The van der Waals surface area contributed by atoms with Gasteiger partial charge in [-0.05, 0) is 19.1 Å². The van der Waals surface area contributed by atoms with E-state index in [1.165, 1.54) is 0 Å². The standard InChI is InChI=1S/C23H27N7O6S/c1-2-37(33,34)29-17-5-3-15(4-6-17)21-20-22(28-27-21)18(12-25-23(20)24)16-11-26-30(13-16)7-8-35-9-10-36-14-19(31)32/h3-6,11-13,29H,2,7-10,14H2,1H3,(H2,24,25)(H,27,28)(H,31,32). The number of sulfonamides is 1. The maximum Gasteiger partial charge on any atom is 0.329 e. The molecule has 0 saturated heterocycles. The Balaban J connectivity index is 1.47. The Kier molecular flexibility index (Phi) is 8.01. The van der Waals surface area contributed by atoms with Gasteiger partial charge in [0, 0.05) is 34.8 Å². The second-order valence-corrected chi connectivity index (χ2v) is 10.0. The fourth-order valence-corrected chi connectivity index (χ4v) is 4.23. The van der Waals surface area contributed by atoms with Gasteiger partial charge in [-0.25, -0.2) is 18.2 Å². The first-order valence-electron chi connectivity index (χ1n) is 11.4. The second kappa shape index (κ2) is 11.4. The highest BCUT2D eigenvalue weighted by molar-refractivity contribution is 7.92. The monoisotopic (exact) mass is 529 g/mol. The summed E-state index contributed by atoms with van der Waals surface area (Å²) in [4.78, 5) is 14.8. The summed E-state index contributed by atoms with van der Waals surface area (Å²) in [5, 5.41) is 21.1. The number of rotatable bonds is 13. The molecule has 0 bridgehead atoms. The average molecular weight is 530 g/mol. The Bertz CT molecular complexity index is 1480. The van der Waals surface area contributed by atoms with Crippen molar-refractivity contribution in [1.29, 1.82) is 0 Å². The molecule has 37 heavy (non-hydrogen) atoms. The first-order chi connectivity index (χ1) is 17.8. The Labute approximate surface area is 212 Å². The molecule has 4 aromatic rings.